The highest BCUT2D eigenvalue weighted by molar-refractivity contribution is 9.10. The van der Waals surface area contributed by atoms with Gasteiger partial charge in [0.15, 0.2) is 9.84 Å². The van der Waals surface area contributed by atoms with Crippen molar-refractivity contribution in [3.05, 3.63) is 33.8 Å². The van der Waals surface area contributed by atoms with Crippen LogP contribution in [0.5, 0.6) is 0 Å². The molecule has 0 saturated carbocycles. The van der Waals surface area contributed by atoms with Crippen LogP contribution in [0.15, 0.2) is 28.2 Å². The Kier molecular flexibility index (Phi) is 3.40. The van der Waals surface area contributed by atoms with Gasteiger partial charge in [-0.05, 0) is 28.1 Å². The van der Waals surface area contributed by atoms with Crippen LogP contribution in [0.2, 0.25) is 0 Å². The van der Waals surface area contributed by atoms with Gasteiger partial charge < -0.3 is 11.1 Å². The molecule has 0 bridgehead atoms. The maximum Gasteiger partial charge on any atom is 0.253 e. The molecular formula is C10H10BrN3O3S. The maximum absolute atomic E-state index is 11.9. The normalized spacial score (nSPS) is 20.8. The molecule has 8 heteroatoms. The van der Waals surface area contributed by atoms with Crippen molar-refractivity contribution in [2.45, 2.75) is 6.04 Å². The summed E-state index contributed by atoms with van der Waals surface area (Å²) in [6, 6.07) is 0.913. The Morgan fingerprint density at radius 3 is 2.89 bits per heavy atom. The SMILES string of the molecule is Nc1cc(C(=O)NC2C=CS(=O)(=O)C2)c(Br)cn1. The van der Waals surface area contributed by atoms with Crippen LogP contribution in [-0.4, -0.2) is 31.1 Å². The number of nitrogen functional groups attached to an aromatic ring is 1. The number of aromatic nitrogens is 1. The predicted molar refractivity (Wildman–Crippen MR) is 70.5 cm³/mol. The molecule has 0 saturated heterocycles. The molecule has 0 aromatic carbocycles. The molecule has 0 fully saturated rings. The van der Waals surface area contributed by atoms with E-state index in [1.807, 2.05) is 0 Å². The average molecular weight is 332 g/mol. The van der Waals surface area contributed by atoms with Gasteiger partial charge in [-0.2, -0.15) is 0 Å². The molecule has 1 aliphatic rings. The highest BCUT2D eigenvalue weighted by atomic mass is 79.9. The van der Waals surface area contributed by atoms with Gasteiger partial charge in [0.25, 0.3) is 5.91 Å². The maximum atomic E-state index is 11.9. The molecule has 1 aromatic rings. The van der Waals surface area contributed by atoms with Crippen LogP contribution in [0.1, 0.15) is 10.4 Å². The highest BCUT2D eigenvalue weighted by Gasteiger charge is 2.24. The summed E-state index contributed by atoms with van der Waals surface area (Å²) in [5.41, 5.74) is 5.81. The van der Waals surface area contributed by atoms with Gasteiger partial charge in [0.1, 0.15) is 5.82 Å². The Morgan fingerprint density at radius 2 is 2.28 bits per heavy atom. The summed E-state index contributed by atoms with van der Waals surface area (Å²) < 4.78 is 22.9. The van der Waals surface area contributed by atoms with E-state index in [4.69, 9.17) is 5.73 Å². The van der Waals surface area contributed by atoms with E-state index >= 15 is 0 Å². The first-order chi connectivity index (χ1) is 8.37. The predicted octanol–water partition coefficient (Wildman–Crippen LogP) is 0.467. The number of pyridine rings is 1. The van der Waals surface area contributed by atoms with E-state index in [0.29, 0.717) is 10.0 Å². The molecule has 0 spiro atoms. The van der Waals surface area contributed by atoms with Crippen LogP contribution >= 0.6 is 15.9 Å². The van der Waals surface area contributed by atoms with E-state index < -0.39 is 21.8 Å². The van der Waals surface area contributed by atoms with Crippen LogP contribution in [-0.2, 0) is 9.84 Å². The van der Waals surface area contributed by atoms with Crippen LogP contribution in [0.25, 0.3) is 0 Å². The van der Waals surface area contributed by atoms with Gasteiger partial charge in [-0.3, -0.25) is 4.79 Å². The minimum Gasteiger partial charge on any atom is -0.384 e. The monoisotopic (exact) mass is 331 g/mol. The van der Waals surface area contributed by atoms with Crippen molar-refractivity contribution < 1.29 is 13.2 Å². The lowest BCUT2D eigenvalue weighted by molar-refractivity contribution is 0.0947. The molecule has 18 heavy (non-hydrogen) atoms. The summed E-state index contributed by atoms with van der Waals surface area (Å²) in [5.74, 6) is -0.294. The average Bonchev–Trinajstić information content (AvgIpc) is 2.61. The minimum absolute atomic E-state index is 0.114. The minimum atomic E-state index is -3.19. The van der Waals surface area contributed by atoms with E-state index in [1.54, 1.807) is 0 Å². The van der Waals surface area contributed by atoms with Crippen LogP contribution in [0.3, 0.4) is 0 Å². The summed E-state index contributed by atoms with van der Waals surface area (Å²) in [4.78, 5) is 15.7. The van der Waals surface area contributed by atoms with Gasteiger partial charge in [0.05, 0.1) is 17.4 Å². The van der Waals surface area contributed by atoms with Crippen LogP contribution in [0, 0.1) is 0 Å². The van der Waals surface area contributed by atoms with Gasteiger partial charge in [0, 0.05) is 16.1 Å². The van der Waals surface area contributed by atoms with E-state index in [1.165, 1.54) is 18.3 Å². The number of nitrogens with zero attached hydrogens (tertiary/aromatic N) is 1. The van der Waals surface area contributed by atoms with Crippen molar-refractivity contribution in [1.82, 2.24) is 10.3 Å². The number of hydrogen-bond donors (Lipinski definition) is 2. The third-order valence-electron chi connectivity index (χ3n) is 2.37. The van der Waals surface area contributed by atoms with Crippen LogP contribution in [0.4, 0.5) is 5.82 Å². The molecule has 1 aliphatic heterocycles. The molecule has 0 radical (unpaired) electrons. The Labute approximate surface area is 112 Å². The van der Waals surface area contributed by atoms with Crippen molar-refractivity contribution >= 4 is 37.5 Å². The number of rotatable bonds is 2. The quantitative estimate of drug-likeness (QED) is 0.819. The fraction of sp³-hybridized carbons (Fsp3) is 0.200. The second-order valence-corrected chi connectivity index (χ2v) is 6.61. The van der Waals surface area contributed by atoms with Gasteiger partial charge in [-0.25, -0.2) is 13.4 Å². The summed E-state index contributed by atoms with van der Waals surface area (Å²) in [7, 11) is -3.19. The first-order valence-corrected chi connectivity index (χ1v) is 7.51. The molecular weight excluding hydrogens is 322 g/mol. The van der Waals surface area contributed by atoms with Gasteiger partial charge in [-0.1, -0.05) is 0 Å². The second kappa shape index (κ2) is 4.69. The molecule has 1 amide bonds. The Morgan fingerprint density at radius 1 is 1.56 bits per heavy atom. The van der Waals surface area contributed by atoms with E-state index in [9.17, 15) is 13.2 Å². The Balaban J connectivity index is 2.14. The van der Waals surface area contributed by atoms with Gasteiger partial charge >= 0.3 is 0 Å². The first-order valence-electron chi connectivity index (χ1n) is 5.00. The zero-order chi connectivity index (χ0) is 13.3. The number of sulfone groups is 1. The number of hydrogen-bond acceptors (Lipinski definition) is 5. The molecule has 0 aliphatic carbocycles. The number of carbonyl (C=O) groups excluding carboxylic acids is 1. The van der Waals surface area contributed by atoms with Gasteiger partial charge in [0.2, 0.25) is 0 Å². The molecule has 3 N–H and O–H groups in total. The summed E-state index contributed by atoms with van der Waals surface area (Å²) in [6.45, 7) is 0. The fourth-order valence-corrected chi connectivity index (χ4v) is 3.17. The number of nitrogens with one attached hydrogen (secondary N) is 1. The molecule has 1 unspecified atom stereocenters. The van der Waals surface area contributed by atoms with E-state index in [-0.39, 0.29) is 11.6 Å². The number of amides is 1. The highest BCUT2D eigenvalue weighted by Crippen LogP contribution is 2.18. The Bertz CT molecular complexity index is 627. The van der Waals surface area contributed by atoms with Gasteiger partial charge in [-0.15, -0.1) is 0 Å². The molecule has 6 nitrogen and oxygen atoms in total. The molecule has 96 valence electrons. The smallest absolute Gasteiger partial charge is 0.253 e. The van der Waals surface area contributed by atoms with Crippen molar-refractivity contribution in [2.24, 2.45) is 0 Å². The summed E-state index contributed by atoms with van der Waals surface area (Å²) >= 11 is 3.19. The number of halogens is 1. The Hall–Kier alpha value is -1.41. The van der Waals surface area contributed by atoms with E-state index in [2.05, 4.69) is 26.2 Å². The lowest BCUT2D eigenvalue weighted by atomic mass is 10.2. The van der Waals surface area contributed by atoms with Crippen molar-refractivity contribution in [3.63, 3.8) is 0 Å². The van der Waals surface area contributed by atoms with Crippen molar-refractivity contribution in [3.8, 4) is 0 Å². The lowest BCUT2D eigenvalue weighted by Gasteiger charge is -2.11. The van der Waals surface area contributed by atoms with Crippen molar-refractivity contribution in [1.29, 1.82) is 0 Å². The third kappa shape index (κ3) is 2.88. The molecule has 2 heterocycles. The molecule has 1 aromatic heterocycles. The zero-order valence-corrected chi connectivity index (χ0v) is 11.5. The molecule has 2 rings (SSSR count). The summed E-state index contributed by atoms with van der Waals surface area (Å²) in [5, 5.41) is 3.71. The number of nitrogens with two attached hydrogens (primary N) is 1. The summed E-state index contributed by atoms with van der Waals surface area (Å²) in [6.07, 6.45) is 2.87. The molecule has 1 atom stereocenters. The van der Waals surface area contributed by atoms with Crippen molar-refractivity contribution in [2.75, 3.05) is 11.5 Å². The topological polar surface area (TPSA) is 102 Å². The van der Waals surface area contributed by atoms with E-state index in [0.717, 1.165) is 5.41 Å². The number of anilines is 1. The lowest BCUT2D eigenvalue weighted by Crippen LogP contribution is -2.35. The standard InChI is InChI=1S/C10H10BrN3O3S/c11-8-4-13-9(12)3-7(8)10(15)14-6-1-2-18(16,17)5-6/h1-4,6H,5H2,(H2,12,13)(H,14,15). The first kappa shape index (κ1) is 13.0. The van der Waals surface area contributed by atoms with Crippen LogP contribution < -0.4 is 11.1 Å². The number of carbonyl (C=O) groups is 1. The third-order valence-corrected chi connectivity index (χ3v) is 4.40. The fourth-order valence-electron chi connectivity index (χ4n) is 1.54. The largest absolute Gasteiger partial charge is 0.384 e. The second-order valence-electron chi connectivity index (χ2n) is 3.83. The zero-order valence-electron chi connectivity index (χ0n) is 9.13.